The van der Waals surface area contributed by atoms with E-state index in [9.17, 15) is 17.6 Å². The summed E-state index contributed by atoms with van der Waals surface area (Å²) in [4.78, 5) is 4.89. The minimum absolute atomic E-state index is 0.0400. The lowest BCUT2D eigenvalue weighted by molar-refractivity contribution is -0.0675. The zero-order chi connectivity index (χ0) is 28.1. The van der Waals surface area contributed by atoms with Gasteiger partial charge in [-0.1, -0.05) is 11.3 Å². The number of hydrogen-bond acceptors (Lipinski definition) is 7. The van der Waals surface area contributed by atoms with Crippen molar-refractivity contribution in [2.75, 3.05) is 32.5 Å². The standard InChI is InChI=1S/C22H23F5N8O/c1-33-7-5-16(22(26,27)11-33)28-21-29-20(36-2)19-18(13(23)10-35(19)31-21)12-3-4-14-15(9-12)34(32-30-14)8-6-17(24)25/h3-4,9-10,16-17H,5-8,11H2,1-2H3,(H,28,31)/i1D3. The van der Waals surface area contributed by atoms with Gasteiger partial charge in [0, 0.05) is 23.6 Å². The molecule has 0 bridgehead atoms. The van der Waals surface area contributed by atoms with Crippen molar-refractivity contribution in [1.29, 1.82) is 0 Å². The highest BCUT2D eigenvalue weighted by Gasteiger charge is 2.44. The molecular weight excluding hydrogens is 487 g/mol. The number of piperidine rings is 1. The van der Waals surface area contributed by atoms with E-state index in [0.717, 1.165) is 15.6 Å². The average molecular weight is 513 g/mol. The van der Waals surface area contributed by atoms with Crippen LogP contribution in [0.15, 0.2) is 24.4 Å². The van der Waals surface area contributed by atoms with Gasteiger partial charge in [0.15, 0.2) is 5.82 Å². The minimum atomic E-state index is -3.41. The zero-order valence-corrected chi connectivity index (χ0v) is 18.9. The number of likely N-dealkylation sites (tertiary alicyclic amines) is 1. The van der Waals surface area contributed by atoms with Gasteiger partial charge in [0.2, 0.25) is 18.3 Å². The second-order valence-electron chi connectivity index (χ2n) is 8.45. The van der Waals surface area contributed by atoms with Gasteiger partial charge < -0.3 is 15.0 Å². The molecule has 1 aliphatic rings. The summed E-state index contributed by atoms with van der Waals surface area (Å²) in [6, 6.07) is 3.21. The summed E-state index contributed by atoms with van der Waals surface area (Å²) < 4.78 is 100. The van der Waals surface area contributed by atoms with E-state index in [0.29, 0.717) is 16.6 Å². The first-order chi connectivity index (χ1) is 18.4. The van der Waals surface area contributed by atoms with Crippen LogP contribution in [0, 0.1) is 5.82 Å². The van der Waals surface area contributed by atoms with E-state index < -0.39 is 44.1 Å². The molecule has 3 aromatic heterocycles. The normalized spacial score (nSPS) is 20.0. The molecule has 4 aromatic rings. The highest BCUT2D eigenvalue weighted by atomic mass is 19.3. The number of nitrogens with zero attached hydrogens (tertiary/aromatic N) is 7. The van der Waals surface area contributed by atoms with Crippen molar-refractivity contribution in [3.05, 3.63) is 30.2 Å². The molecule has 36 heavy (non-hydrogen) atoms. The monoisotopic (exact) mass is 513 g/mol. The Hall–Kier alpha value is -3.55. The van der Waals surface area contributed by atoms with Crippen LogP contribution in [0.2, 0.25) is 0 Å². The van der Waals surface area contributed by atoms with Crippen LogP contribution in [0.1, 0.15) is 17.0 Å². The number of anilines is 1. The first-order valence-corrected chi connectivity index (χ1v) is 11.0. The first kappa shape index (κ1) is 20.6. The Labute approximate surface area is 206 Å². The largest absolute Gasteiger partial charge is 0.479 e. The summed E-state index contributed by atoms with van der Waals surface area (Å²) in [6.07, 6.45) is -2.13. The molecule has 1 atom stereocenters. The summed E-state index contributed by atoms with van der Waals surface area (Å²) in [5.74, 6) is -4.51. The van der Waals surface area contributed by atoms with E-state index in [1.165, 1.54) is 11.8 Å². The molecular formula is C22H23F5N8O. The third-order valence-electron chi connectivity index (χ3n) is 6.01. The van der Waals surface area contributed by atoms with Crippen molar-refractivity contribution in [1.82, 2.24) is 34.5 Å². The molecule has 1 aliphatic heterocycles. The van der Waals surface area contributed by atoms with E-state index in [-0.39, 0.29) is 42.4 Å². The Morgan fingerprint density at radius 1 is 1.33 bits per heavy atom. The third kappa shape index (κ3) is 4.40. The number of ether oxygens (including phenoxy) is 1. The quantitative estimate of drug-likeness (QED) is 0.377. The molecule has 192 valence electrons. The second-order valence-corrected chi connectivity index (χ2v) is 8.45. The highest BCUT2D eigenvalue weighted by molar-refractivity contribution is 5.89. The molecule has 1 aromatic carbocycles. The molecule has 5 rings (SSSR count). The van der Waals surface area contributed by atoms with Crippen molar-refractivity contribution in [3.63, 3.8) is 0 Å². The molecule has 0 radical (unpaired) electrons. The van der Waals surface area contributed by atoms with Crippen LogP contribution in [-0.2, 0) is 6.54 Å². The number of nitrogens with one attached hydrogen (secondary N) is 1. The third-order valence-corrected chi connectivity index (χ3v) is 6.01. The van der Waals surface area contributed by atoms with E-state index in [1.54, 1.807) is 18.2 Å². The fraction of sp³-hybridized carbons (Fsp3) is 0.455. The zero-order valence-electron chi connectivity index (χ0n) is 21.9. The van der Waals surface area contributed by atoms with E-state index in [1.807, 2.05) is 0 Å². The van der Waals surface area contributed by atoms with Crippen molar-refractivity contribution in [2.24, 2.45) is 0 Å². The number of fused-ring (bicyclic) bond motifs is 2. The fourth-order valence-corrected chi connectivity index (χ4v) is 4.28. The van der Waals surface area contributed by atoms with E-state index in [4.69, 9.17) is 8.85 Å². The van der Waals surface area contributed by atoms with Crippen LogP contribution in [0.4, 0.5) is 27.9 Å². The maximum Gasteiger partial charge on any atom is 0.280 e. The number of aryl methyl sites for hydroxylation is 1. The summed E-state index contributed by atoms with van der Waals surface area (Å²) >= 11 is 0. The maximum absolute atomic E-state index is 15.3. The van der Waals surface area contributed by atoms with Crippen LogP contribution >= 0.6 is 0 Å². The number of methoxy groups -OCH3 is 1. The topological polar surface area (TPSA) is 85.4 Å². The molecule has 0 amide bonds. The van der Waals surface area contributed by atoms with Crippen molar-refractivity contribution in [3.8, 4) is 17.0 Å². The number of alkyl halides is 4. The molecule has 1 fully saturated rings. The van der Waals surface area contributed by atoms with Gasteiger partial charge in [-0.05, 0) is 31.1 Å². The molecule has 1 unspecified atom stereocenters. The first-order valence-electron chi connectivity index (χ1n) is 12.5. The van der Waals surface area contributed by atoms with Gasteiger partial charge in [-0.2, -0.15) is 4.98 Å². The van der Waals surface area contributed by atoms with Gasteiger partial charge in [0.05, 0.1) is 37.0 Å². The Morgan fingerprint density at radius 2 is 2.17 bits per heavy atom. The predicted molar refractivity (Wildman–Crippen MR) is 121 cm³/mol. The lowest BCUT2D eigenvalue weighted by atomic mass is 10.0. The van der Waals surface area contributed by atoms with Gasteiger partial charge in [-0.15, -0.1) is 10.2 Å². The van der Waals surface area contributed by atoms with Crippen LogP contribution in [0.3, 0.4) is 0 Å². The molecule has 4 heterocycles. The number of rotatable bonds is 7. The highest BCUT2D eigenvalue weighted by Crippen LogP contribution is 2.36. The van der Waals surface area contributed by atoms with Crippen molar-refractivity contribution in [2.45, 2.75) is 37.8 Å². The lowest BCUT2D eigenvalue weighted by Crippen LogP contribution is -2.53. The van der Waals surface area contributed by atoms with Crippen LogP contribution in [0.25, 0.3) is 27.7 Å². The maximum atomic E-state index is 15.3. The summed E-state index contributed by atoms with van der Waals surface area (Å²) in [5, 5.41) is 14.5. The second kappa shape index (κ2) is 9.15. The Kier molecular flexibility index (Phi) is 5.24. The molecule has 1 saturated heterocycles. The van der Waals surface area contributed by atoms with Gasteiger partial charge >= 0.3 is 0 Å². The van der Waals surface area contributed by atoms with Gasteiger partial charge in [0.25, 0.3) is 5.92 Å². The summed E-state index contributed by atoms with van der Waals surface area (Å²) in [7, 11) is 1.27. The predicted octanol–water partition coefficient (Wildman–Crippen LogP) is 3.70. The van der Waals surface area contributed by atoms with E-state index >= 15 is 4.39 Å². The fourth-order valence-electron chi connectivity index (χ4n) is 4.28. The lowest BCUT2D eigenvalue weighted by Gasteiger charge is -2.36. The SMILES string of the molecule is [2H]C([2H])([2H])N1CCC(Nc2nc(OC)c3c(-c4ccc5nnn(CCC(F)F)c5c4)c(F)cn3n2)C(F)(F)C1. The van der Waals surface area contributed by atoms with Crippen LogP contribution < -0.4 is 10.1 Å². The Morgan fingerprint density at radius 3 is 2.89 bits per heavy atom. The summed E-state index contributed by atoms with van der Waals surface area (Å²) in [6.45, 7) is -3.81. The van der Waals surface area contributed by atoms with Gasteiger partial charge in [0.1, 0.15) is 11.0 Å². The van der Waals surface area contributed by atoms with E-state index in [2.05, 4.69) is 25.7 Å². The molecule has 9 nitrogen and oxygen atoms in total. The Bertz CT molecular complexity index is 1510. The molecule has 0 saturated carbocycles. The number of halogens is 5. The Balaban J connectivity index is 1.49. The number of hydrogen-bond donors (Lipinski definition) is 1. The van der Waals surface area contributed by atoms with Crippen LogP contribution in [0.5, 0.6) is 5.88 Å². The number of aromatic nitrogens is 6. The van der Waals surface area contributed by atoms with Crippen molar-refractivity contribution < 1.29 is 30.8 Å². The average Bonchev–Trinajstić information content (AvgIpc) is 3.41. The summed E-state index contributed by atoms with van der Waals surface area (Å²) in [5.41, 5.74) is 1.33. The molecule has 14 heteroatoms. The van der Waals surface area contributed by atoms with Crippen LogP contribution in [-0.4, -0.2) is 80.1 Å². The minimum Gasteiger partial charge on any atom is -0.479 e. The molecule has 1 N–H and O–H groups in total. The van der Waals surface area contributed by atoms with Crippen molar-refractivity contribution >= 4 is 22.5 Å². The van der Waals surface area contributed by atoms with Gasteiger partial charge in [-0.3, -0.25) is 0 Å². The molecule has 0 spiro atoms. The molecule has 0 aliphatic carbocycles. The smallest absolute Gasteiger partial charge is 0.280 e. The number of benzene rings is 1. The van der Waals surface area contributed by atoms with Gasteiger partial charge in [-0.25, -0.2) is 31.1 Å².